The van der Waals surface area contributed by atoms with Crippen LogP contribution in [0.3, 0.4) is 0 Å². The van der Waals surface area contributed by atoms with Crippen LogP contribution in [0.15, 0.2) is 24.3 Å². The Hall–Kier alpha value is -0.820. The van der Waals surface area contributed by atoms with E-state index in [9.17, 15) is 0 Å². The van der Waals surface area contributed by atoms with Gasteiger partial charge in [-0.2, -0.15) is 0 Å². The van der Waals surface area contributed by atoms with Gasteiger partial charge in [0.05, 0.1) is 0 Å². The van der Waals surface area contributed by atoms with Gasteiger partial charge >= 0.3 is 0 Å². The van der Waals surface area contributed by atoms with Gasteiger partial charge in [0.2, 0.25) is 0 Å². The molecular formula is C20H33N. The first-order valence-electron chi connectivity index (χ1n) is 8.66. The maximum atomic E-state index is 3.54. The number of rotatable bonds is 6. The van der Waals surface area contributed by atoms with E-state index in [0.717, 1.165) is 11.8 Å². The summed E-state index contributed by atoms with van der Waals surface area (Å²) in [6.07, 6.45) is 6.69. The molecule has 2 unspecified atom stereocenters. The van der Waals surface area contributed by atoms with Gasteiger partial charge in [-0.1, -0.05) is 58.4 Å². The first-order valence-corrected chi connectivity index (χ1v) is 8.66. The predicted octanol–water partition coefficient (Wildman–Crippen LogP) is 5.68. The lowest BCUT2D eigenvalue weighted by Gasteiger charge is -2.29. The Kier molecular flexibility index (Phi) is 5.48. The summed E-state index contributed by atoms with van der Waals surface area (Å²) >= 11 is 0. The molecule has 0 bridgehead atoms. The van der Waals surface area contributed by atoms with Crippen LogP contribution in [-0.4, -0.2) is 7.05 Å². The van der Waals surface area contributed by atoms with Crippen LogP contribution in [-0.2, 0) is 0 Å². The number of hydrogen-bond acceptors (Lipinski definition) is 1. The minimum atomic E-state index is 0.422. The molecule has 0 spiro atoms. The van der Waals surface area contributed by atoms with Gasteiger partial charge < -0.3 is 5.32 Å². The Morgan fingerprint density at radius 3 is 2.48 bits per heavy atom. The summed E-state index contributed by atoms with van der Waals surface area (Å²) in [7, 11) is 2.10. The average molecular weight is 287 g/mol. The Labute approximate surface area is 131 Å². The van der Waals surface area contributed by atoms with Crippen molar-refractivity contribution < 1.29 is 0 Å². The van der Waals surface area contributed by atoms with Gasteiger partial charge in [0.1, 0.15) is 0 Å². The maximum Gasteiger partial charge on any atom is 0.0320 e. The summed E-state index contributed by atoms with van der Waals surface area (Å²) in [6.45, 7) is 9.42. The fourth-order valence-corrected chi connectivity index (χ4v) is 3.72. The molecule has 1 aliphatic carbocycles. The summed E-state index contributed by atoms with van der Waals surface area (Å²) in [6, 6.07) is 9.81. The van der Waals surface area contributed by atoms with E-state index in [0.29, 0.717) is 11.5 Å². The number of hydrogen-bond donors (Lipinski definition) is 1. The highest BCUT2D eigenvalue weighted by molar-refractivity contribution is 5.29. The van der Waals surface area contributed by atoms with Crippen molar-refractivity contribution in [3.8, 4) is 0 Å². The molecule has 1 aromatic rings. The Balaban J connectivity index is 2.03. The molecular weight excluding hydrogens is 254 g/mol. The third kappa shape index (κ3) is 4.85. The average Bonchev–Trinajstić information content (AvgIpc) is 2.32. The van der Waals surface area contributed by atoms with E-state index in [4.69, 9.17) is 0 Å². The van der Waals surface area contributed by atoms with Gasteiger partial charge in [-0.05, 0) is 61.1 Å². The summed E-state index contributed by atoms with van der Waals surface area (Å²) < 4.78 is 0. The highest BCUT2D eigenvalue weighted by atomic mass is 14.9. The van der Waals surface area contributed by atoms with Crippen molar-refractivity contribution in [1.29, 1.82) is 0 Å². The molecule has 0 radical (unpaired) electrons. The van der Waals surface area contributed by atoms with Crippen LogP contribution in [0.1, 0.15) is 82.9 Å². The molecule has 1 N–H and O–H groups in total. The van der Waals surface area contributed by atoms with Crippen molar-refractivity contribution in [2.24, 2.45) is 11.3 Å². The second-order valence-electron chi connectivity index (χ2n) is 8.24. The molecule has 0 aliphatic heterocycles. The Morgan fingerprint density at radius 1 is 1.24 bits per heavy atom. The highest BCUT2D eigenvalue weighted by Crippen LogP contribution is 2.37. The molecule has 1 heteroatoms. The highest BCUT2D eigenvalue weighted by Gasteiger charge is 2.22. The van der Waals surface area contributed by atoms with Gasteiger partial charge in [-0.25, -0.2) is 0 Å². The van der Waals surface area contributed by atoms with E-state index in [1.807, 2.05) is 0 Å². The minimum Gasteiger partial charge on any atom is -0.313 e. The zero-order valence-corrected chi connectivity index (χ0v) is 14.6. The molecule has 0 aromatic heterocycles. The van der Waals surface area contributed by atoms with Gasteiger partial charge in [0.15, 0.2) is 0 Å². The minimum absolute atomic E-state index is 0.422. The van der Waals surface area contributed by atoms with Crippen molar-refractivity contribution in [2.45, 2.75) is 71.8 Å². The summed E-state index contributed by atoms with van der Waals surface area (Å²) in [5.74, 6) is 1.57. The first kappa shape index (κ1) is 16.5. The van der Waals surface area contributed by atoms with Crippen molar-refractivity contribution in [1.82, 2.24) is 5.32 Å². The molecule has 1 aromatic carbocycles. The molecule has 2 rings (SSSR count). The van der Waals surface area contributed by atoms with Crippen molar-refractivity contribution >= 4 is 0 Å². The lowest BCUT2D eigenvalue weighted by Crippen LogP contribution is -2.21. The van der Waals surface area contributed by atoms with Crippen LogP contribution in [0, 0.1) is 11.3 Å². The van der Waals surface area contributed by atoms with Crippen molar-refractivity contribution in [2.75, 3.05) is 7.05 Å². The Bertz CT molecular complexity index is 439. The molecule has 0 amide bonds. The van der Waals surface area contributed by atoms with Gasteiger partial charge in [-0.3, -0.25) is 0 Å². The van der Waals surface area contributed by atoms with Crippen LogP contribution >= 0.6 is 0 Å². The van der Waals surface area contributed by atoms with Crippen molar-refractivity contribution in [3.63, 3.8) is 0 Å². The Morgan fingerprint density at radius 2 is 1.95 bits per heavy atom. The van der Waals surface area contributed by atoms with Crippen LogP contribution in [0.5, 0.6) is 0 Å². The smallest absolute Gasteiger partial charge is 0.0320 e. The standard InChI is InChI=1S/C20H33N/c1-15(14-20(2,3)4)12-19(21-5)18-11-7-10-17(13-18)16-8-6-9-16/h7,10-11,13,15-16,19,21H,6,8-9,12,14H2,1-5H3. The number of benzene rings is 1. The zero-order valence-electron chi connectivity index (χ0n) is 14.6. The van der Waals surface area contributed by atoms with Gasteiger partial charge in [-0.15, -0.1) is 0 Å². The summed E-state index contributed by atoms with van der Waals surface area (Å²) in [5.41, 5.74) is 3.45. The lowest BCUT2D eigenvalue weighted by molar-refractivity contribution is 0.279. The second kappa shape index (κ2) is 6.96. The third-order valence-electron chi connectivity index (χ3n) is 4.84. The van der Waals surface area contributed by atoms with Crippen molar-refractivity contribution in [3.05, 3.63) is 35.4 Å². The van der Waals surface area contributed by atoms with Crippen LogP contribution < -0.4 is 5.32 Å². The summed E-state index contributed by atoms with van der Waals surface area (Å²) in [5, 5.41) is 3.54. The van der Waals surface area contributed by atoms with E-state index >= 15 is 0 Å². The molecule has 1 nitrogen and oxygen atoms in total. The fraction of sp³-hybridized carbons (Fsp3) is 0.700. The molecule has 1 saturated carbocycles. The second-order valence-corrected chi connectivity index (χ2v) is 8.24. The van der Waals surface area contributed by atoms with Crippen LogP contribution in [0.2, 0.25) is 0 Å². The lowest BCUT2D eigenvalue weighted by atomic mass is 9.78. The van der Waals surface area contributed by atoms with E-state index in [1.54, 1.807) is 5.56 Å². The largest absolute Gasteiger partial charge is 0.313 e. The van der Waals surface area contributed by atoms with E-state index in [2.05, 4.69) is 64.3 Å². The van der Waals surface area contributed by atoms with E-state index < -0.39 is 0 Å². The quantitative estimate of drug-likeness (QED) is 0.710. The van der Waals surface area contributed by atoms with Gasteiger partial charge in [0.25, 0.3) is 0 Å². The molecule has 118 valence electrons. The molecule has 0 heterocycles. The van der Waals surface area contributed by atoms with Crippen LogP contribution in [0.4, 0.5) is 0 Å². The van der Waals surface area contributed by atoms with E-state index in [1.165, 1.54) is 37.7 Å². The molecule has 0 saturated heterocycles. The van der Waals surface area contributed by atoms with Crippen LogP contribution in [0.25, 0.3) is 0 Å². The first-order chi connectivity index (χ1) is 9.89. The molecule has 1 fully saturated rings. The maximum absolute atomic E-state index is 3.54. The molecule has 1 aliphatic rings. The monoisotopic (exact) mass is 287 g/mol. The number of nitrogens with one attached hydrogen (secondary N) is 1. The topological polar surface area (TPSA) is 12.0 Å². The predicted molar refractivity (Wildman–Crippen MR) is 92.7 cm³/mol. The molecule has 2 atom stereocenters. The normalized spacial score (nSPS) is 19.1. The zero-order chi connectivity index (χ0) is 15.5. The SMILES string of the molecule is CNC(CC(C)CC(C)(C)C)c1cccc(C2CCC2)c1. The van der Waals surface area contributed by atoms with Gasteiger partial charge in [0, 0.05) is 6.04 Å². The fourth-order valence-electron chi connectivity index (χ4n) is 3.72. The third-order valence-corrected chi connectivity index (χ3v) is 4.84. The molecule has 21 heavy (non-hydrogen) atoms. The summed E-state index contributed by atoms with van der Waals surface area (Å²) in [4.78, 5) is 0. The van der Waals surface area contributed by atoms with E-state index in [-0.39, 0.29) is 0 Å².